The summed E-state index contributed by atoms with van der Waals surface area (Å²) in [5.74, 6) is 2.76. The van der Waals surface area contributed by atoms with Gasteiger partial charge in [0.2, 0.25) is 0 Å². The molecular weight excluding hydrogens is 438 g/mol. The van der Waals surface area contributed by atoms with Crippen molar-refractivity contribution in [2.45, 2.75) is 31.5 Å². The molecule has 2 aliphatic heterocycles. The third-order valence-corrected chi connectivity index (χ3v) is 6.88. The Labute approximate surface area is 179 Å². The number of hydrogen-bond donors (Lipinski definition) is 1. The topological polar surface area (TPSA) is 60.4 Å². The lowest BCUT2D eigenvalue weighted by atomic mass is 9.79. The van der Waals surface area contributed by atoms with Gasteiger partial charge >= 0.3 is 0 Å². The first-order valence-corrected chi connectivity index (χ1v) is 10.4. The van der Waals surface area contributed by atoms with Crippen molar-refractivity contribution in [1.82, 2.24) is 4.90 Å². The summed E-state index contributed by atoms with van der Waals surface area (Å²) in [4.78, 5) is 2.33. The molecule has 0 saturated carbocycles. The van der Waals surface area contributed by atoms with Crippen LogP contribution in [0.15, 0.2) is 22.7 Å². The van der Waals surface area contributed by atoms with E-state index in [4.69, 9.17) is 18.9 Å². The molecule has 0 saturated heterocycles. The van der Waals surface area contributed by atoms with Crippen molar-refractivity contribution in [3.05, 3.63) is 44.9 Å². The molecule has 156 valence electrons. The van der Waals surface area contributed by atoms with Crippen LogP contribution in [-0.4, -0.2) is 45.0 Å². The highest BCUT2D eigenvalue weighted by Crippen LogP contribution is 2.53. The number of ether oxygens (including phenoxy) is 4. The summed E-state index contributed by atoms with van der Waals surface area (Å²) < 4.78 is 23.3. The van der Waals surface area contributed by atoms with Crippen molar-refractivity contribution in [2.24, 2.45) is 0 Å². The van der Waals surface area contributed by atoms with Gasteiger partial charge in [0, 0.05) is 28.7 Å². The third-order valence-electron chi connectivity index (χ3n) is 6.17. The zero-order valence-electron chi connectivity index (χ0n) is 17.3. The number of aliphatic hydroxyl groups is 1. The lowest BCUT2D eigenvalue weighted by Gasteiger charge is -2.47. The first kappa shape index (κ1) is 20.3. The zero-order chi connectivity index (χ0) is 20.9. The Morgan fingerprint density at radius 3 is 2.14 bits per heavy atom. The van der Waals surface area contributed by atoms with Crippen LogP contribution in [0.2, 0.25) is 0 Å². The lowest BCUT2D eigenvalue weighted by molar-refractivity contribution is 0.0316. The first-order chi connectivity index (χ1) is 13.9. The molecule has 0 unspecified atom stereocenters. The molecule has 3 atom stereocenters. The molecule has 0 spiro atoms. The van der Waals surface area contributed by atoms with E-state index in [0.29, 0.717) is 23.8 Å². The summed E-state index contributed by atoms with van der Waals surface area (Å²) in [7, 11) is 6.56. The molecule has 1 N–H and O–H groups in total. The van der Waals surface area contributed by atoms with Crippen LogP contribution in [0, 0.1) is 0 Å². The Balaban J connectivity index is 1.89. The number of methoxy groups -OCH3 is 4. The van der Waals surface area contributed by atoms with Crippen LogP contribution >= 0.6 is 15.9 Å². The highest BCUT2D eigenvalue weighted by molar-refractivity contribution is 9.10. The number of fused-ring (bicyclic) bond motifs is 4. The standard InChI is InChI=1S/C22H26BrNO5/c1-11-21-14(15(23)9-20(28-4)22(21)29-5)6-16-12-7-18(26-2)19(27-3)8-13(12)17(25)10-24(11)16/h7-9,11,16-17,25H,6,10H2,1-5H3/t11-,16+,17+/m1/s1. The third kappa shape index (κ3) is 3.07. The molecule has 0 amide bonds. The Hall–Kier alpha value is -1.96. The van der Waals surface area contributed by atoms with Gasteiger partial charge in [-0.2, -0.15) is 0 Å². The van der Waals surface area contributed by atoms with E-state index in [1.807, 2.05) is 18.2 Å². The number of hydrogen-bond acceptors (Lipinski definition) is 6. The van der Waals surface area contributed by atoms with Gasteiger partial charge in [-0.15, -0.1) is 0 Å². The summed E-state index contributed by atoms with van der Waals surface area (Å²) in [6.45, 7) is 2.68. The Bertz CT molecular complexity index is 948. The van der Waals surface area contributed by atoms with Gasteiger partial charge in [0.05, 0.1) is 34.5 Å². The molecular formula is C22H26BrNO5. The van der Waals surface area contributed by atoms with E-state index in [-0.39, 0.29) is 12.1 Å². The van der Waals surface area contributed by atoms with Gasteiger partial charge in [0.15, 0.2) is 23.0 Å². The average molecular weight is 464 g/mol. The van der Waals surface area contributed by atoms with Crippen LogP contribution in [0.5, 0.6) is 23.0 Å². The maximum absolute atomic E-state index is 10.9. The minimum Gasteiger partial charge on any atom is -0.493 e. The fourth-order valence-electron chi connectivity index (χ4n) is 4.78. The van der Waals surface area contributed by atoms with Crippen molar-refractivity contribution in [3.8, 4) is 23.0 Å². The Morgan fingerprint density at radius 2 is 1.55 bits per heavy atom. The summed E-state index contributed by atoms with van der Waals surface area (Å²) in [5, 5.41) is 10.9. The van der Waals surface area contributed by atoms with Gasteiger partial charge in [0.1, 0.15) is 0 Å². The predicted molar refractivity (Wildman–Crippen MR) is 113 cm³/mol. The van der Waals surface area contributed by atoms with Gasteiger partial charge in [0.25, 0.3) is 0 Å². The summed E-state index contributed by atoms with van der Waals surface area (Å²) >= 11 is 3.74. The fraction of sp³-hybridized carbons (Fsp3) is 0.455. The molecule has 7 heteroatoms. The molecule has 29 heavy (non-hydrogen) atoms. The molecule has 2 aromatic rings. The first-order valence-electron chi connectivity index (χ1n) is 9.57. The minimum atomic E-state index is -0.606. The number of halogens is 1. The van der Waals surface area contributed by atoms with Crippen LogP contribution in [0.4, 0.5) is 0 Å². The number of aliphatic hydroxyl groups excluding tert-OH is 1. The maximum Gasteiger partial charge on any atom is 0.165 e. The van der Waals surface area contributed by atoms with Crippen LogP contribution in [0.3, 0.4) is 0 Å². The second kappa shape index (κ2) is 7.70. The average Bonchev–Trinajstić information content (AvgIpc) is 2.73. The van der Waals surface area contributed by atoms with Crippen LogP contribution in [0.25, 0.3) is 0 Å². The largest absolute Gasteiger partial charge is 0.493 e. The lowest BCUT2D eigenvalue weighted by Crippen LogP contribution is -2.43. The molecule has 6 nitrogen and oxygen atoms in total. The van der Waals surface area contributed by atoms with Crippen LogP contribution < -0.4 is 18.9 Å². The monoisotopic (exact) mass is 463 g/mol. The fourth-order valence-corrected chi connectivity index (χ4v) is 5.37. The molecule has 2 aliphatic rings. The predicted octanol–water partition coefficient (Wildman–Crippen LogP) is 4.19. The molecule has 0 aromatic heterocycles. The van der Waals surface area contributed by atoms with Gasteiger partial charge in [-0.1, -0.05) is 15.9 Å². The quantitative estimate of drug-likeness (QED) is 0.733. The zero-order valence-corrected chi connectivity index (χ0v) is 18.9. The highest BCUT2D eigenvalue weighted by Gasteiger charge is 2.42. The van der Waals surface area contributed by atoms with Gasteiger partial charge in [-0.05, 0) is 48.2 Å². The number of rotatable bonds is 4. The smallest absolute Gasteiger partial charge is 0.165 e. The molecule has 0 bridgehead atoms. The van der Waals surface area contributed by atoms with E-state index in [9.17, 15) is 5.11 Å². The highest BCUT2D eigenvalue weighted by atomic mass is 79.9. The molecule has 2 aromatic carbocycles. The second-order valence-electron chi connectivity index (χ2n) is 7.43. The van der Waals surface area contributed by atoms with Crippen molar-refractivity contribution in [2.75, 3.05) is 35.0 Å². The van der Waals surface area contributed by atoms with Crippen LogP contribution in [-0.2, 0) is 6.42 Å². The molecule has 0 radical (unpaired) electrons. The maximum atomic E-state index is 10.9. The van der Waals surface area contributed by atoms with Crippen LogP contribution in [0.1, 0.15) is 47.4 Å². The second-order valence-corrected chi connectivity index (χ2v) is 8.29. The van der Waals surface area contributed by atoms with Crippen molar-refractivity contribution in [1.29, 1.82) is 0 Å². The molecule has 0 fully saturated rings. The van der Waals surface area contributed by atoms with Crippen molar-refractivity contribution < 1.29 is 24.1 Å². The molecule has 4 rings (SSSR count). The SMILES string of the molecule is COc1cc2c(cc1OC)[C@@H]1Cc3c(Br)cc(OC)c(OC)c3[C@@H](C)N1C[C@@H]2O. The minimum absolute atomic E-state index is 0.0426. The summed E-state index contributed by atoms with van der Waals surface area (Å²) in [6.07, 6.45) is 0.181. The van der Waals surface area contributed by atoms with Gasteiger partial charge in [-0.3, -0.25) is 4.90 Å². The normalized spacial score (nSPS) is 22.9. The molecule has 0 aliphatic carbocycles. The Kier molecular flexibility index (Phi) is 5.40. The molecule has 2 heterocycles. The van der Waals surface area contributed by atoms with E-state index in [0.717, 1.165) is 33.3 Å². The summed E-state index contributed by atoms with van der Waals surface area (Å²) in [6, 6.07) is 6.03. The van der Waals surface area contributed by atoms with E-state index in [1.54, 1.807) is 28.4 Å². The van der Waals surface area contributed by atoms with Crippen molar-refractivity contribution in [3.63, 3.8) is 0 Å². The van der Waals surface area contributed by atoms with E-state index >= 15 is 0 Å². The number of nitrogens with zero attached hydrogens (tertiary/aromatic N) is 1. The summed E-state index contributed by atoms with van der Waals surface area (Å²) in [5.41, 5.74) is 4.27. The van der Waals surface area contributed by atoms with E-state index < -0.39 is 6.10 Å². The number of benzene rings is 2. The van der Waals surface area contributed by atoms with Crippen molar-refractivity contribution >= 4 is 15.9 Å². The van der Waals surface area contributed by atoms with Gasteiger partial charge in [-0.25, -0.2) is 0 Å². The van der Waals surface area contributed by atoms with E-state index in [2.05, 4.69) is 27.8 Å². The Morgan fingerprint density at radius 1 is 0.931 bits per heavy atom. The van der Waals surface area contributed by atoms with Gasteiger partial charge < -0.3 is 24.1 Å². The van der Waals surface area contributed by atoms with E-state index in [1.165, 1.54) is 5.56 Å².